The second-order valence-corrected chi connectivity index (χ2v) is 24.2. The molecule has 0 spiro atoms. The predicted octanol–water partition coefficient (Wildman–Crippen LogP) is -1.60. The maximum absolute atomic E-state index is 14.6. The molecule has 0 radical (unpaired) electrons. The summed E-state index contributed by atoms with van der Waals surface area (Å²) in [5, 5.41) is 44.7. The van der Waals surface area contributed by atoms with Crippen LogP contribution in [0.25, 0.3) is 10.9 Å². The molecule has 4 aromatic rings. The zero-order valence-corrected chi connectivity index (χ0v) is 51.5. The van der Waals surface area contributed by atoms with Crippen LogP contribution in [0.15, 0.2) is 60.9 Å². The zero-order chi connectivity index (χ0) is 64.8. The number of carbonyl (C=O) groups excluding carboxylic acids is 10. The van der Waals surface area contributed by atoms with Gasteiger partial charge in [0, 0.05) is 79.6 Å². The third-order valence-corrected chi connectivity index (χ3v) is 17.7. The van der Waals surface area contributed by atoms with Crippen LogP contribution < -0.4 is 53.6 Å². The summed E-state index contributed by atoms with van der Waals surface area (Å²) in [4.78, 5) is 140. The van der Waals surface area contributed by atoms with Gasteiger partial charge in [0.05, 0.1) is 57.4 Å². The monoisotopic (exact) mass is 1290 g/mol. The average molecular weight is 1290 g/mol. The molecule has 0 aliphatic carbocycles. The lowest BCUT2D eigenvalue weighted by molar-refractivity contribution is -0.143. The number of nitrogens with one attached hydrogen (secondary N) is 10. The quantitative estimate of drug-likeness (QED) is 0.0294. The number of aromatic nitrogens is 4. The number of unbranched alkanes of at least 4 members (excludes halogenated alkanes) is 1. The lowest BCUT2D eigenvalue weighted by Crippen LogP contribution is -2.60. The molecule has 4 aliphatic rings. The predicted molar refractivity (Wildman–Crippen MR) is 327 cm³/mol. The van der Waals surface area contributed by atoms with Crippen molar-refractivity contribution in [2.75, 3.05) is 65.1 Å². The van der Waals surface area contributed by atoms with Crippen LogP contribution in [0.2, 0.25) is 0 Å². The molecule has 494 valence electrons. The van der Waals surface area contributed by atoms with Crippen LogP contribution in [0, 0.1) is 5.82 Å². The van der Waals surface area contributed by atoms with Crippen molar-refractivity contribution in [3.05, 3.63) is 83.6 Å². The fraction of sp³-hybridized carbons (Fsp3) is 0.567. The van der Waals surface area contributed by atoms with Crippen LogP contribution in [-0.2, 0) is 83.2 Å². The van der Waals surface area contributed by atoms with Crippen molar-refractivity contribution in [3.8, 4) is 0 Å². The number of urea groups is 1. The van der Waals surface area contributed by atoms with E-state index in [2.05, 4.69) is 63.1 Å². The summed E-state index contributed by atoms with van der Waals surface area (Å²) in [5.41, 5.74) is 7.87. The van der Waals surface area contributed by atoms with Gasteiger partial charge in [0.1, 0.15) is 54.7 Å². The van der Waals surface area contributed by atoms with E-state index in [0.717, 1.165) is 35.9 Å². The summed E-state index contributed by atoms with van der Waals surface area (Å²) in [6.45, 7) is 1.38. The molecule has 8 rings (SSSR count). The van der Waals surface area contributed by atoms with Gasteiger partial charge in [-0.2, -0.15) is 11.8 Å². The maximum atomic E-state index is 14.6. The van der Waals surface area contributed by atoms with Gasteiger partial charge in [0.15, 0.2) is 0 Å². The highest BCUT2D eigenvalue weighted by molar-refractivity contribution is 8.00. The van der Waals surface area contributed by atoms with Gasteiger partial charge in [-0.3, -0.25) is 47.8 Å². The molecule has 13 N–H and O–H groups in total. The first-order valence-corrected chi connectivity index (χ1v) is 31.9. The number of benzene rings is 2. The number of thioether (sulfide) groups is 1. The van der Waals surface area contributed by atoms with E-state index in [1.807, 2.05) is 30.0 Å². The Morgan fingerprint density at radius 3 is 2.26 bits per heavy atom. The van der Waals surface area contributed by atoms with Gasteiger partial charge >= 0.3 is 6.03 Å². The first-order chi connectivity index (χ1) is 43.9. The fourth-order valence-corrected chi connectivity index (χ4v) is 12.8. The van der Waals surface area contributed by atoms with Gasteiger partial charge in [0.2, 0.25) is 53.2 Å². The van der Waals surface area contributed by atoms with Gasteiger partial charge in [-0.25, -0.2) is 9.18 Å². The molecule has 2 bridgehead atoms. The average Bonchev–Trinajstić information content (AvgIpc) is 3.39. The first-order valence-electron chi connectivity index (χ1n) is 30.8. The smallest absolute Gasteiger partial charge is 0.315 e. The highest BCUT2D eigenvalue weighted by Crippen LogP contribution is 2.33. The molecule has 0 saturated carbocycles. The van der Waals surface area contributed by atoms with Crippen molar-refractivity contribution in [2.45, 2.75) is 150 Å². The Balaban J connectivity index is 0.871. The fourth-order valence-electron chi connectivity index (χ4n) is 11.3. The van der Waals surface area contributed by atoms with Crippen LogP contribution in [-0.4, -0.2) is 214 Å². The molecule has 2 aromatic carbocycles. The summed E-state index contributed by atoms with van der Waals surface area (Å²) in [6.07, 6.45) is 6.87. The summed E-state index contributed by atoms with van der Waals surface area (Å²) in [6, 6.07) is 3.27. The van der Waals surface area contributed by atoms with Crippen LogP contribution in [0.1, 0.15) is 81.5 Å². The van der Waals surface area contributed by atoms with Crippen LogP contribution in [0.4, 0.5) is 9.18 Å². The molecule has 11 amide bonds. The van der Waals surface area contributed by atoms with Crippen LogP contribution in [0.5, 0.6) is 0 Å². The number of carbonyl (C=O) groups is 10. The third kappa shape index (κ3) is 20.4. The van der Waals surface area contributed by atoms with Crippen molar-refractivity contribution in [1.82, 2.24) is 72.7 Å². The number of rotatable bonds is 23. The summed E-state index contributed by atoms with van der Waals surface area (Å²) in [7, 11) is 0. The summed E-state index contributed by atoms with van der Waals surface area (Å²) >= 11 is 1.85. The third-order valence-electron chi connectivity index (χ3n) is 16.2. The number of nitrogens with zero attached hydrogens (tertiary/aromatic N) is 4. The van der Waals surface area contributed by atoms with E-state index in [9.17, 15) is 57.4 Å². The van der Waals surface area contributed by atoms with Gasteiger partial charge in [-0.15, -0.1) is 5.10 Å². The van der Waals surface area contributed by atoms with E-state index in [-0.39, 0.29) is 108 Å². The molecular weight excluding hydrogens is 1210 g/mol. The molecule has 29 nitrogen and oxygen atoms in total. The van der Waals surface area contributed by atoms with Crippen LogP contribution >= 0.6 is 11.8 Å². The van der Waals surface area contributed by atoms with E-state index in [1.165, 1.54) is 47.0 Å². The number of nitrogens with two attached hydrogens (primary N) is 1. The second kappa shape index (κ2) is 34.2. The van der Waals surface area contributed by atoms with Crippen molar-refractivity contribution in [3.63, 3.8) is 0 Å². The first kappa shape index (κ1) is 68.6. The molecule has 6 heterocycles. The number of para-hydroxylation sites is 1. The van der Waals surface area contributed by atoms with Crippen molar-refractivity contribution in [2.24, 2.45) is 5.73 Å². The Kier molecular flexibility index (Phi) is 25.8. The number of aliphatic hydroxyl groups is 1. The zero-order valence-electron chi connectivity index (χ0n) is 50.7. The maximum Gasteiger partial charge on any atom is 0.315 e. The van der Waals surface area contributed by atoms with Crippen molar-refractivity contribution >= 4 is 81.9 Å². The Morgan fingerprint density at radius 2 is 1.48 bits per heavy atom. The van der Waals surface area contributed by atoms with Crippen molar-refractivity contribution in [1.29, 1.82) is 0 Å². The molecule has 4 aliphatic heterocycles. The Hall–Kier alpha value is -8.26. The number of aliphatic hydroxyl groups excluding tert-OH is 1. The largest absolute Gasteiger partial charge is 0.394 e. The van der Waals surface area contributed by atoms with Gasteiger partial charge in [-0.05, 0) is 81.2 Å². The number of amides is 11. The number of aryl methyl sites for hydroxylation is 1. The minimum Gasteiger partial charge on any atom is -0.394 e. The normalized spacial score (nSPS) is 24.8. The Bertz CT molecular complexity index is 3170. The Labute approximate surface area is 528 Å². The number of fused-ring (bicyclic) bond motifs is 5. The molecule has 3 fully saturated rings. The standard InChI is InChI=1S/C60H82FN15O14S/c1-35-54(81)68-44(28-37-30-64-41-10-3-2-9-40(37)41)56(83)69-43(27-36-15-17-38(61)18-16-36)55(82)67-42(53(62)80)11-6-7-20-75-31-39(73-74-75)29-45(57(84)70-46(32-77)59(86)76-21-8-12-48(76)58(85)65-35)66-51(79)33-90-26-25-89-24-23-88-22-19-63-50(78)14-5-4-13-49-52-47(34-91-49)71-60(87)72-52/h2-3,9-10,15-18,30-31,35,42-49,52,64,77H,4-8,11-14,19-29,32-34H2,1H3,(H2,62,80)(H,63,78)(H,65,85)(H,66,79)(H,67,82)(H,68,81)(H,69,83)(H,70,84)(H2,71,72,87)/t35-,42+,43+,44-,45+,46-,47+,48-,49?,52+/m1/s1. The minimum absolute atomic E-state index is 0.0101. The number of H-pyrrole nitrogens is 1. The number of aromatic amines is 1. The topological polar surface area (TPSA) is 403 Å². The number of ether oxygens (including phenoxy) is 3. The Morgan fingerprint density at radius 1 is 0.758 bits per heavy atom. The van der Waals surface area contributed by atoms with Crippen LogP contribution in [0.3, 0.4) is 0 Å². The molecular formula is C60H82FN15O14S. The molecule has 1 unspecified atom stereocenters. The summed E-state index contributed by atoms with van der Waals surface area (Å²) in [5.74, 6) is -6.17. The second-order valence-electron chi connectivity index (χ2n) is 22.9. The SMILES string of the molecule is C[C@H]1NC(=O)[C@H]2CCCN2C(=O)[C@@H](CO)NC(=O)[C@@H](NC(=O)COCCOCCOCCNC(=O)CCCCC2SC[C@@H]3NC(=O)N[C@H]23)Cc2cn(nn2)CCCC[C@@H](C(N)=O)NC(=O)[C@H](Cc2ccc(F)cc2)NC(=O)[C@@H](Cc2c[nH]c3ccccc23)NC1=O. The van der Waals surface area contributed by atoms with E-state index >= 15 is 0 Å². The highest BCUT2D eigenvalue weighted by Gasteiger charge is 2.43. The number of primary amides is 1. The van der Waals surface area contributed by atoms with E-state index in [1.54, 1.807) is 12.3 Å². The lowest BCUT2D eigenvalue weighted by Gasteiger charge is -2.30. The number of hydrogen-bond acceptors (Lipinski definition) is 17. The van der Waals surface area contributed by atoms with E-state index in [4.69, 9.17) is 19.9 Å². The highest BCUT2D eigenvalue weighted by atomic mass is 32.2. The molecule has 3 saturated heterocycles. The van der Waals surface area contributed by atoms with Gasteiger partial charge in [0.25, 0.3) is 0 Å². The van der Waals surface area contributed by atoms with Crippen molar-refractivity contribution < 1.29 is 71.7 Å². The lowest BCUT2D eigenvalue weighted by atomic mass is 10.0. The minimum atomic E-state index is -1.59. The molecule has 2 aromatic heterocycles. The van der Waals surface area contributed by atoms with Gasteiger partial charge < -0.3 is 82.8 Å². The number of hydrogen-bond donors (Lipinski definition) is 12. The molecule has 31 heteroatoms. The molecule has 91 heavy (non-hydrogen) atoms. The van der Waals surface area contributed by atoms with E-state index in [0.29, 0.717) is 48.6 Å². The number of halogens is 1. The van der Waals surface area contributed by atoms with E-state index < -0.39 is 109 Å². The molecule has 10 atom stereocenters. The van der Waals surface area contributed by atoms with Gasteiger partial charge in [-0.1, -0.05) is 42.0 Å². The summed E-state index contributed by atoms with van der Waals surface area (Å²) < 4.78 is 32.2.